The zero-order chi connectivity index (χ0) is 17.2. The third-order valence-electron chi connectivity index (χ3n) is 4.94. The van der Waals surface area contributed by atoms with Crippen molar-refractivity contribution in [3.8, 4) is 0 Å². The van der Waals surface area contributed by atoms with Crippen LogP contribution in [0.3, 0.4) is 0 Å². The highest BCUT2D eigenvalue weighted by atomic mass is 19.1. The molecule has 0 unspecified atom stereocenters. The van der Waals surface area contributed by atoms with Gasteiger partial charge in [0.15, 0.2) is 5.82 Å². The molecule has 0 spiro atoms. The first-order valence-corrected chi connectivity index (χ1v) is 8.84. The van der Waals surface area contributed by atoms with E-state index in [1.807, 2.05) is 4.90 Å². The monoisotopic (exact) mass is 340 g/mol. The van der Waals surface area contributed by atoms with Gasteiger partial charge in [0.2, 0.25) is 5.91 Å². The number of H-pyrrole nitrogens is 1. The Morgan fingerprint density at radius 1 is 1.12 bits per heavy atom. The van der Waals surface area contributed by atoms with E-state index < -0.39 is 0 Å². The molecule has 1 saturated carbocycles. The molecule has 2 heterocycles. The second kappa shape index (κ2) is 6.78. The van der Waals surface area contributed by atoms with Gasteiger partial charge in [-0.25, -0.2) is 9.37 Å². The summed E-state index contributed by atoms with van der Waals surface area (Å²) in [4.78, 5) is 18.8. The molecule has 1 N–H and O–H groups in total. The molecule has 1 aromatic carbocycles. The van der Waals surface area contributed by atoms with Crippen molar-refractivity contribution < 1.29 is 9.18 Å². The SMILES string of the molecule is O=C(/C=C/c1ccc(F)cc1)N1CCC(c2nc(C3CC3)n[nH]2)CC1. The Bertz CT molecular complexity index is 771. The minimum Gasteiger partial charge on any atom is -0.339 e. The van der Waals surface area contributed by atoms with Gasteiger partial charge in [-0.2, -0.15) is 5.10 Å². The number of aromatic nitrogens is 3. The molecule has 0 atom stereocenters. The summed E-state index contributed by atoms with van der Waals surface area (Å²) in [5.74, 6) is 2.56. The van der Waals surface area contributed by atoms with E-state index in [1.54, 1.807) is 24.3 Å². The first-order chi connectivity index (χ1) is 12.2. The van der Waals surface area contributed by atoms with Crippen LogP contribution in [0.15, 0.2) is 30.3 Å². The summed E-state index contributed by atoms with van der Waals surface area (Å²) in [7, 11) is 0. The Hall–Kier alpha value is -2.50. The highest BCUT2D eigenvalue weighted by Crippen LogP contribution is 2.38. The molecule has 4 rings (SSSR count). The number of likely N-dealkylation sites (tertiary alicyclic amines) is 1. The Morgan fingerprint density at radius 2 is 1.84 bits per heavy atom. The Kier molecular flexibility index (Phi) is 4.34. The summed E-state index contributed by atoms with van der Waals surface area (Å²) in [5.41, 5.74) is 0.818. The van der Waals surface area contributed by atoms with Gasteiger partial charge in [0.25, 0.3) is 0 Å². The minimum atomic E-state index is -0.275. The molecule has 1 aliphatic heterocycles. The van der Waals surface area contributed by atoms with Crippen LogP contribution < -0.4 is 0 Å². The van der Waals surface area contributed by atoms with Crippen molar-refractivity contribution in [1.82, 2.24) is 20.1 Å². The number of carbonyl (C=O) groups excluding carboxylic acids is 1. The number of halogens is 1. The molecule has 130 valence electrons. The quantitative estimate of drug-likeness (QED) is 0.869. The zero-order valence-corrected chi connectivity index (χ0v) is 14.0. The van der Waals surface area contributed by atoms with Crippen molar-refractivity contribution in [2.45, 2.75) is 37.5 Å². The third-order valence-corrected chi connectivity index (χ3v) is 4.94. The van der Waals surface area contributed by atoms with Crippen LogP contribution in [0.2, 0.25) is 0 Å². The van der Waals surface area contributed by atoms with E-state index in [4.69, 9.17) is 0 Å². The predicted octanol–water partition coefficient (Wildman–Crippen LogP) is 3.24. The highest BCUT2D eigenvalue weighted by molar-refractivity contribution is 5.91. The molecule has 0 bridgehead atoms. The third kappa shape index (κ3) is 3.78. The molecular formula is C19H21FN4O. The number of amides is 1. The smallest absolute Gasteiger partial charge is 0.246 e. The van der Waals surface area contributed by atoms with Gasteiger partial charge in [-0.15, -0.1) is 0 Å². The molecule has 2 aliphatic rings. The van der Waals surface area contributed by atoms with E-state index in [9.17, 15) is 9.18 Å². The lowest BCUT2D eigenvalue weighted by atomic mass is 9.96. The lowest BCUT2D eigenvalue weighted by Crippen LogP contribution is -2.37. The summed E-state index contributed by atoms with van der Waals surface area (Å²) < 4.78 is 12.9. The van der Waals surface area contributed by atoms with E-state index in [0.717, 1.165) is 43.1 Å². The van der Waals surface area contributed by atoms with Gasteiger partial charge in [0.05, 0.1) is 0 Å². The van der Waals surface area contributed by atoms with Crippen LogP contribution in [0.5, 0.6) is 0 Å². The molecule has 1 saturated heterocycles. The lowest BCUT2D eigenvalue weighted by molar-refractivity contribution is -0.127. The molecule has 2 fully saturated rings. The number of piperidine rings is 1. The second-order valence-electron chi connectivity index (χ2n) is 6.84. The molecule has 2 aromatic rings. The van der Waals surface area contributed by atoms with E-state index >= 15 is 0 Å². The van der Waals surface area contributed by atoms with Crippen molar-refractivity contribution in [3.63, 3.8) is 0 Å². The number of rotatable bonds is 4. The maximum Gasteiger partial charge on any atom is 0.246 e. The number of hydrogen-bond donors (Lipinski definition) is 1. The number of nitrogens with one attached hydrogen (secondary N) is 1. The van der Waals surface area contributed by atoms with E-state index in [-0.39, 0.29) is 11.7 Å². The number of benzene rings is 1. The van der Waals surface area contributed by atoms with Crippen LogP contribution in [0.1, 0.15) is 54.7 Å². The van der Waals surface area contributed by atoms with Crippen molar-refractivity contribution in [3.05, 3.63) is 53.4 Å². The summed E-state index contributed by atoms with van der Waals surface area (Å²) in [6, 6.07) is 6.10. The molecule has 6 heteroatoms. The standard InChI is InChI=1S/C19H21FN4O/c20-16-6-1-13(2-7-16)3-8-17(25)24-11-9-15(10-12-24)19-21-18(22-23-19)14-4-5-14/h1-3,6-8,14-15H,4-5,9-12H2,(H,21,22,23)/b8-3+. The molecule has 25 heavy (non-hydrogen) atoms. The van der Waals surface area contributed by atoms with Gasteiger partial charge >= 0.3 is 0 Å². The first-order valence-electron chi connectivity index (χ1n) is 8.84. The lowest BCUT2D eigenvalue weighted by Gasteiger charge is -2.30. The molecule has 1 aliphatic carbocycles. The maximum absolute atomic E-state index is 12.9. The zero-order valence-electron chi connectivity index (χ0n) is 14.0. The van der Waals surface area contributed by atoms with Crippen molar-refractivity contribution in [2.75, 3.05) is 13.1 Å². The average molecular weight is 340 g/mol. The molecule has 1 aromatic heterocycles. The number of aromatic amines is 1. The summed E-state index contributed by atoms with van der Waals surface area (Å²) in [5, 5.41) is 7.41. The maximum atomic E-state index is 12.9. The van der Waals surface area contributed by atoms with Crippen LogP contribution in [-0.4, -0.2) is 39.1 Å². The highest BCUT2D eigenvalue weighted by Gasteiger charge is 2.30. The van der Waals surface area contributed by atoms with Gasteiger partial charge < -0.3 is 4.90 Å². The van der Waals surface area contributed by atoms with Crippen molar-refractivity contribution >= 4 is 12.0 Å². The van der Waals surface area contributed by atoms with Gasteiger partial charge in [0, 0.05) is 31.0 Å². The fourth-order valence-electron chi connectivity index (χ4n) is 3.21. The minimum absolute atomic E-state index is 0.000913. The predicted molar refractivity (Wildman–Crippen MR) is 92.3 cm³/mol. The van der Waals surface area contributed by atoms with E-state index in [0.29, 0.717) is 11.8 Å². The second-order valence-corrected chi connectivity index (χ2v) is 6.84. The summed E-state index contributed by atoms with van der Waals surface area (Å²) >= 11 is 0. The largest absolute Gasteiger partial charge is 0.339 e. The summed E-state index contributed by atoms with van der Waals surface area (Å²) in [6.45, 7) is 1.44. The fraction of sp³-hybridized carbons (Fsp3) is 0.421. The van der Waals surface area contributed by atoms with Crippen LogP contribution in [0.4, 0.5) is 4.39 Å². The van der Waals surface area contributed by atoms with Crippen LogP contribution >= 0.6 is 0 Å². The van der Waals surface area contributed by atoms with Crippen LogP contribution in [-0.2, 0) is 4.79 Å². The van der Waals surface area contributed by atoms with Gasteiger partial charge in [-0.05, 0) is 49.5 Å². The van der Waals surface area contributed by atoms with Crippen LogP contribution in [0.25, 0.3) is 6.08 Å². The fourth-order valence-corrected chi connectivity index (χ4v) is 3.21. The molecule has 5 nitrogen and oxygen atoms in total. The molecule has 0 radical (unpaired) electrons. The molecular weight excluding hydrogens is 319 g/mol. The summed E-state index contributed by atoms with van der Waals surface area (Å²) in [6.07, 6.45) is 7.49. The van der Waals surface area contributed by atoms with Gasteiger partial charge in [-0.3, -0.25) is 9.89 Å². The Balaban J connectivity index is 1.31. The van der Waals surface area contributed by atoms with Crippen molar-refractivity contribution in [2.24, 2.45) is 0 Å². The Morgan fingerprint density at radius 3 is 2.52 bits per heavy atom. The Labute approximate surface area is 146 Å². The number of hydrogen-bond acceptors (Lipinski definition) is 3. The van der Waals surface area contributed by atoms with E-state index in [1.165, 1.54) is 25.0 Å². The van der Waals surface area contributed by atoms with Crippen molar-refractivity contribution in [1.29, 1.82) is 0 Å². The normalized spacial score (nSPS) is 18.8. The molecule has 1 amide bonds. The van der Waals surface area contributed by atoms with Gasteiger partial charge in [0.1, 0.15) is 11.6 Å². The average Bonchev–Trinajstić information content (AvgIpc) is 3.38. The number of carbonyl (C=O) groups is 1. The number of nitrogens with zero attached hydrogens (tertiary/aromatic N) is 3. The van der Waals surface area contributed by atoms with Crippen LogP contribution in [0, 0.1) is 5.82 Å². The van der Waals surface area contributed by atoms with Gasteiger partial charge in [-0.1, -0.05) is 12.1 Å². The van der Waals surface area contributed by atoms with E-state index in [2.05, 4.69) is 15.2 Å². The topological polar surface area (TPSA) is 61.9 Å². The first kappa shape index (κ1) is 16.0.